The Kier molecular flexibility index (Phi) is 6.51. The molecule has 0 radical (unpaired) electrons. The summed E-state index contributed by atoms with van der Waals surface area (Å²) in [4.78, 5) is 2.57. The van der Waals surface area contributed by atoms with Gasteiger partial charge in [-0.1, -0.05) is 27.7 Å². The molecule has 6 atom stereocenters. The van der Waals surface area contributed by atoms with Gasteiger partial charge in [0.2, 0.25) is 0 Å². The van der Waals surface area contributed by atoms with Gasteiger partial charge in [-0.15, -0.1) is 0 Å². The van der Waals surface area contributed by atoms with Gasteiger partial charge in [0.15, 0.2) is 0 Å². The minimum Gasteiger partial charge on any atom is -0.395 e. The number of nitrogens with zero attached hydrogens (tertiary/aromatic N) is 1. The Morgan fingerprint density at radius 3 is 2.57 bits per heavy atom. The summed E-state index contributed by atoms with van der Waals surface area (Å²) in [5, 5.41) is 13.5. The molecule has 0 spiro atoms. The summed E-state index contributed by atoms with van der Waals surface area (Å²) in [6.45, 7) is 13.2. The average molecular weight is 296 g/mol. The van der Waals surface area contributed by atoms with E-state index in [4.69, 9.17) is 0 Å². The van der Waals surface area contributed by atoms with Crippen molar-refractivity contribution in [2.45, 2.75) is 65.5 Å². The minimum absolute atomic E-state index is 0.325. The maximum absolute atomic E-state index is 9.69. The first-order valence-corrected chi connectivity index (χ1v) is 9.15. The van der Waals surface area contributed by atoms with Crippen LogP contribution in [0.1, 0.15) is 53.4 Å². The molecule has 21 heavy (non-hydrogen) atoms. The summed E-state index contributed by atoms with van der Waals surface area (Å²) in [6, 6.07) is 1.06. The van der Waals surface area contributed by atoms with Gasteiger partial charge in [0.05, 0.1) is 6.61 Å². The first kappa shape index (κ1) is 17.2. The highest BCUT2D eigenvalue weighted by atomic mass is 16.3. The summed E-state index contributed by atoms with van der Waals surface area (Å²) in [7, 11) is 0. The van der Waals surface area contributed by atoms with Crippen LogP contribution in [-0.4, -0.2) is 48.3 Å². The molecule has 1 heterocycles. The fraction of sp³-hybridized carbons (Fsp3) is 1.00. The van der Waals surface area contributed by atoms with Gasteiger partial charge in [-0.25, -0.2) is 0 Å². The summed E-state index contributed by atoms with van der Waals surface area (Å²) in [5.41, 5.74) is 0. The lowest BCUT2D eigenvalue weighted by molar-refractivity contribution is 0.0712. The van der Waals surface area contributed by atoms with Crippen LogP contribution in [0.15, 0.2) is 0 Å². The summed E-state index contributed by atoms with van der Waals surface area (Å²) >= 11 is 0. The monoisotopic (exact) mass is 296 g/mol. The van der Waals surface area contributed by atoms with E-state index in [9.17, 15) is 5.11 Å². The fourth-order valence-electron chi connectivity index (χ4n) is 4.66. The van der Waals surface area contributed by atoms with E-state index in [0.717, 1.165) is 24.3 Å². The van der Waals surface area contributed by atoms with Gasteiger partial charge in [0.25, 0.3) is 0 Å². The minimum atomic E-state index is 0.325. The molecule has 0 aromatic rings. The highest BCUT2D eigenvalue weighted by molar-refractivity contribution is 4.93. The molecule has 6 unspecified atom stereocenters. The van der Waals surface area contributed by atoms with E-state index in [1.54, 1.807) is 0 Å². The number of aliphatic hydroxyl groups excluding tert-OH is 1. The Hall–Kier alpha value is -0.120. The van der Waals surface area contributed by atoms with E-state index in [-0.39, 0.29) is 0 Å². The van der Waals surface area contributed by atoms with Gasteiger partial charge in [0, 0.05) is 18.6 Å². The quantitative estimate of drug-likeness (QED) is 0.791. The molecule has 0 aromatic carbocycles. The predicted octanol–water partition coefficient (Wildman–Crippen LogP) is 2.74. The second kappa shape index (κ2) is 7.94. The second-order valence-electron chi connectivity index (χ2n) is 7.79. The molecular formula is C18H36N2O. The van der Waals surface area contributed by atoms with Crippen LogP contribution in [0.4, 0.5) is 0 Å². The van der Waals surface area contributed by atoms with Crippen molar-refractivity contribution in [2.75, 3.05) is 26.2 Å². The number of nitrogens with one attached hydrogen (secondary N) is 1. The molecule has 1 aliphatic carbocycles. The van der Waals surface area contributed by atoms with E-state index in [0.29, 0.717) is 24.6 Å². The van der Waals surface area contributed by atoms with Crippen molar-refractivity contribution in [1.82, 2.24) is 10.2 Å². The van der Waals surface area contributed by atoms with Crippen molar-refractivity contribution in [3.8, 4) is 0 Å². The van der Waals surface area contributed by atoms with E-state index in [2.05, 4.69) is 37.9 Å². The van der Waals surface area contributed by atoms with Crippen LogP contribution in [0.5, 0.6) is 0 Å². The normalized spacial score (nSPS) is 41.6. The van der Waals surface area contributed by atoms with Gasteiger partial charge >= 0.3 is 0 Å². The molecule has 0 aromatic heterocycles. The summed E-state index contributed by atoms with van der Waals surface area (Å²) in [6.07, 6.45) is 5.14. The van der Waals surface area contributed by atoms with E-state index < -0.39 is 0 Å². The van der Waals surface area contributed by atoms with Gasteiger partial charge in [0.1, 0.15) is 0 Å². The largest absolute Gasteiger partial charge is 0.395 e. The third-order valence-corrected chi connectivity index (χ3v) is 5.96. The predicted molar refractivity (Wildman–Crippen MR) is 89.4 cm³/mol. The third-order valence-electron chi connectivity index (χ3n) is 5.96. The molecule has 1 saturated heterocycles. The number of hydrogen-bond acceptors (Lipinski definition) is 3. The van der Waals surface area contributed by atoms with Crippen LogP contribution in [0.25, 0.3) is 0 Å². The zero-order valence-corrected chi connectivity index (χ0v) is 14.5. The molecule has 1 saturated carbocycles. The lowest BCUT2D eigenvalue weighted by atomic mass is 9.72. The third kappa shape index (κ3) is 4.20. The van der Waals surface area contributed by atoms with Crippen LogP contribution < -0.4 is 5.32 Å². The van der Waals surface area contributed by atoms with Crippen molar-refractivity contribution >= 4 is 0 Å². The Bertz CT molecular complexity index is 310. The Labute approximate surface area is 131 Å². The Balaban J connectivity index is 2.00. The first-order chi connectivity index (χ1) is 10.1. The smallest absolute Gasteiger partial charge is 0.0589 e. The van der Waals surface area contributed by atoms with Gasteiger partial charge in [-0.05, 0) is 62.4 Å². The topological polar surface area (TPSA) is 35.5 Å². The van der Waals surface area contributed by atoms with E-state index in [1.807, 2.05) is 0 Å². The van der Waals surface area contributed by atoms with Crippen molar-refractivity contribution in [3.63, 3.8) is 0 Å². The van der Waals surface area contributed by atoms with Crippen molar-refractivity contribution < 1.29 is 5.11 Å². The van der Waals surface area contributed by atoms with Crippen LogP contribution >= 0.6 is 0 Å². The molecule has 3 heteroatoms. The average Bonchev–Trinajstić information content (AvgIpc) is 2.79. The van der Waals surface area contributed by atoms with Crippen molar-refractivity contribution in [2.24, 2.45) is 23.7 Å². The Morgan fingerprint density at radius 1 is 1.14 bits per heavy atom. The van der Waals surface area contributed by atoms with Crippen LogP contribution in [-0.2, 0) is 0 Å². The molecule has 2 rings (SSSR count). The molecular weight excluding hydrogens is 260 g/mol. The highest BCUT2D eigenvalue weighted by Crippen LogP contribution is 2.36. The summed E-state index contributed by atoms with van der Waals surface area (Å²) in [5.74, 6) is 3.03. The number of likely N-dealkylation sites (tertiary alicyclic amines) is 1. The maximum Gasteiger partial charge on any atom is 0.0589 e. The second-order valence-corrected chi connectivity index (χ2v) is 7.79. The van der Waals surface area contributed by atoms with Crippen LogP contribution in [0.2, 0.25) is 0 Å². The zero-order valence-electron chi connectivity index (χ0n) is 14.5. The summed E-state index contributed by atoms with van der Waals surface area (Å²) < 4.78 is 0. The molecule has 0 amide bonds. The molecule has 1 aliphatic heterocycles. The molecule has 2 N–H and O–H groups in total. The molecule has 2 fully saturated rings. The number of rotatable bonds is 6. The van der Waals surface area contributed by atoms with Gasteiger partial charge < -0.3 is 10.4 Å². The highest BCUT2D eigenvalue weighted by Gasteiger charge is 2.38. The van der Waals surface area contributed by atoms with Gasteiger partial charge in [-0.2, -0.15) is 0 Å². The van der Waals surface area contributed by atoms with Crippen LogP contribution in [0.3, 0.4) is 0 Å². The van der Waals surface area contributed by atoms with Crippen molar-refractivity contribution in [1.29, 1.82) is 0 Å². The SMILES string of the molecule is CCCNC1CC(C)CC(C)C1CN1CCC(C)C1CO. The number of aliphatic hydroxyl groups is 1. The molecule has 0 bridgehead atoms. The zero-order chi connectivity index (χ0) is 15.4. The van der Waals surface area contributed by atoms with E-state index >= 15 is 0 Å². The number of hydrogen-bond donors (Lipinski definition) is 2. The molecule has 124 valence electrons. The Morgan fingerprint density at radius 2 is 1.90 bits per heavy atom. The fourth-order valence-corrected chi connectivity index (χ4v) is 4.66. The van der Waals surface area contributed by atoms with Crippen LogP contribution in [0, 0.1) is 23.7 Å². The maximum atomic E-state index is 9.69. The lowest BCUT2D eigenvalue weighted by Gasteiger charge is -2.43. The molecule has 3 nitrogen and oxygen atoms in total. The first-order valence-electron chi connectivity index (χ1n) is 9.15. The lowest BCUT2D eigenvalue weighted by Crippen LogP contribution is -2.50. The van der Waals surface area contributed by atoms with Crippen molar-refractivity contribution in [3.05, 3.63) is 0 Å². The standard InChI is InChI=1S/C18H36N2O/c1-5-7-19-17-10-13(2)9-15(4)16(17)11-20-8-6-14(3)18(20)12-21/h13-19,21H,5-12H2,1-4H3. The van der Waals surface area contributed by atoms with E-state index in [1.165, 1.54) is 38.8 Å². The molecule has 2 aliphatic rings. The van der Waals surface area contributed by atoms with Gasteiger partial charge in [-0.3, -0.25) is 4.90 Å².